The molecule has 92 valence electrons. The summed E-state index contributed by atoms with van der Waals surface area (Å²) in [4.78, 5) is 7.41. The van der Waals surface area contributed by atoms with E-state index in [-0.39, 0.29) is 0 Å². The van der Waals surface area contributed by atoms with Crippen LogP contribution in [0.25, 0.3) is 10.9 Å². The molecule has 3 nitrogen and oxygen atoms in total. The molecule has 1 aromatic carbocycles. The number of nitrogens with zero attached hydrogens (tertiary/aromatic N) is 2. The molecule has 0 aliphatic heterocycles. The number of aryl methyl sites for hydroxylation is 1. The Labute approximate surface area is 106 Å². The minimum atomic E-state index is 0.882. The third-order valence-corrected chi connectivity index (χ3v) is 3.28. The van der Waals surface area contributed by atoms with Crippen molar-refractivity contribution >= 4 is 10.9 Å². The number of fused-ring (bicyclic) bond motifs is 1. The van der Waals surface area contributed by atoms with Crippen molar-refractivity contribution in [2.24, 2.45) is 0 Å². The van der Waals surface area contributed by atoms with E-state index in [9.17, 15) is 0 Å². The lowest BCUT2D eigenvalue weighted by molar-refractivity contribution is 0.798. The molecule has 18 heavy (non-hydrogen) atoms. The highest BCUT2D eigenvalue weighted by molar-refractivity contribution is 5.83. The zero-order valence-electron chi connectivity index (χ0n) is 10.6. The van der Waals surface area contributed by atoms with Gasteiger partial charge in [-0.05, 0) is 29.7 Å². The number of aromatic amines is 1. The van der Waals surface area contributed by atoms with Crippen LogP contribution in [0, 0.1) is 0 Å². The minimum Gasteiger partial charge on any atom is -0.361 e. The van der Waals surface area contributed by atoms with E-state index in [2.05, 4.69) is 45.9 Å². The van der Waals surface area contributed by atoms with Gasteiger partial charge in [-0.25, -0.2) is 4.98 Å². The summed E-state index contributed by atoms with van der Waals surface area (Å²) in [6, 6.07) is 6.63. The molecule has 2 aromatic heterocycles. The summed E-state index contributed by atoms with van der Waals surface area (Å²) in [6.45, 7) is 3.10. The SMILES string of the molecule is CCCc1c[nH]c2ccc(Cn3ccnc3)cc12. The standard InChI is InChI=1S/C15H17N3/c1-2-3-13-9-17-15-5-4-12(8-14(13)15)10-18-7-6-16-11-18/h4-9,11,17H,2-3,10H2,1H3. The monoisotopic (exact) mass is 239 g/mol. The average molecular weight is 239 g/mol. The Bertz CT molecular complexity index is 635. The Morgan fingerprint density at radius 3 is 3.06 bits per heavy atom. The molecular formula is C15H17N3. The lowest BCUT2D eigenvalue weighted by atomic mass is 10.1. The highest BCUT2D eigenvalue weighted by Gasteiger charge is 2.04. The van der Waals surface area contributed by atoms with Gasteiger partial charge < -0.3 is 9.55 Å². The van der Waals surface area contributed by atoms with E-state index in [0.717, 1.165) is 13.0 Å². The first-order valence-corrected chi connectivity index (χ1v) is 6.41. The quantitative estimate of drug-likeness (QED) is 0.744. The van der Waals surface area contributed by atoms with Crippen molar-refractivity contribution in [3.8, 4) is 0 Å². The van der Waals surface area contributed by atoms with Crippen molar-refractivity contribution in [3.63, 3.8) is 0 Å². The maximum Gasteiger partial charge on any atom is 0.0949 e. The van der Waals surface area contributed by atoms with Crippen molar-refractivity contribution < 1.29 is 0 Å². The fourth-order valence-corrected chi connectivity index (χ4v) is 2.39. The van der Waals surface area contributed by atoms with E-state index in [4.69, 9.17) is 0 Å². The second-order valence-corrected chi connectivity index (χ2v) is 4.68. The molecule has 0 radical (unpaired) electrons. The van der Waals surface area contributed by atoms with Gasteiger partial charge in [0.05, 0.1) is 6.33 Å². The first-order chi connectivity index (χ1) is 8.86. The van der Waals surface area contributed by atoms with E-state index < -0.39 is 0 Å². The normalized spacial score (nSPS) is 11.2. The molecule has 0 saturated heterocycles. The predicted octanol–water partition coefficient (Wildman–Crippen LogP) is 3.37. The molecule has 0 bridgehead atoms. The number of nitrogens with one attached hydrogen (secondary N) is 1. The lowest BCUT2D eigenvalue weighted by Crippen LogP contribution is -1.96. The number of H-pyrrole nitrogens is 1. The van der Waals surface area contributed by atoms with E-state index in [1.54, 1.807) is 0 Å². The van der Waals surface area contributed by atoms with Crippen LogP contribution >= 0.6 is 0 Å². The highest BCUT2D eigenvalue weighted by Crippen LogP contribution is 2.21. The first-order valence-electron chi connectivity index (χ1n) is 6.41. The van der Waals surface area contributed by atoms with Gasteiger partial charge in [0.1, 0.15) is 0 Å². The van der Waals surface area contributed by atoms with E-state index in [1.807, 2.05) is 18.7 Å². The Balaban J connectivity index is 1.96. The van der Waals surface area contributed by atoms with Crippen LogP contribution in [-0.2, 0) is 13.0 Å². The van der Waals surface area contributed by atoms with Gasteiger partial charge in [-0.1, -0.05) is 19.4 Å². The Hall–Kier alpha value is -2.03. The van der Waals surface area contributed by atoms with Gasteiger partial charge in [0, 0.05) is 36.0 Å². The molecule has 3 rings (SSSR count). The summed E-state index contributed by atoms with van der Waals surface area (Å²) in [5.74, 6) is 0. The molecule has 0 unspecified atom stereocenters. The fourth-order valence-electron chi connectivity index (χ4n) is 2.39. The predicted molar refractivity (Wildman–Crippen MR) is 73.6 cm³/mol. The average Bonchev–Trinajstić information content (AvgIpc) is 3.00. The molecule has 3 aromatic rings. The smallest absolute Gasteiger partial charge is 0.0949 e. The molecule has 0 fully saturated rings. The van der Waals surface area contributed by atoms with Crippen LogP contribution in [0.5, 0.6) is 0 Å². The van der Waals surface area contributed by atoms with Crippen LogP contribution in [0.2, 0.25) is 0 Å². The molecule has 1 N–H and O–H groups in total. The Morgan fingerprint density at radius 2 is 2.28 bits per heavy atom. The third-order valence-electron chi connectivity index (χ3n) is 3.28. The van der Waals surface area contributed by atoms with Crippen LogP contribution in [-0.4, -0.2) is 14.5 Å². The number of hydrogen-bond acceptors (Lipinski definition) is 1. The lowest BCUT2D eigenvalue weighted by Gasteiger charge is -2.04. The highest BCUT2D eigenvalue weighted by atomic mass is 15.0. The number of hydrogen-bond donors (Lipinski definition) is 1. The topological polar surface area (TPSA) is 33.6 Å². The van der Waals surface area contributed by atoms with E-state index >= 15 is 0 Å². The van der Waals surface area contributed by atoms with E-state index in [0.29, 0.717) is 0 Å². The molecular weight excluding hydrogens is 222 g/mol. The molecule has 0 aliphatic carbocycles. The summed E-state index contributed by atoms with van der Waals surface area (Å²) in [7, 11) is 0. The summed E-state index contributed by atoms with van der Waals surface area (Å²) >= 11 is 0. The van der Waals surface area contributed by atoms with Gasteiger partial charge in [-0.3, -0.25) is 0 Å². The van der Waals surface area contributed by atoms with Gasteiger partial charge >= 0.3 is 0 Å². The molecule has 0 aliphatic rings. The second kappa shape index (κ2) is 4.69. The molecule has 0 saturated carbocycles. The van der Waals surface area contributed by atoms with Crippen molar-refractivity contribution in [1.82, 2.24) is 14.5 Å². The number of rotatable bonds is 4. The molecule has 3 heteroatoms. The third kappa shape index (κ3) is 2.04. The van der Waals surface area contributed by atoms with Crippen molar-refractivity contribution in [3.05, 3.63) is 54.2 Å². The number of benzene rings is 1. The first kappa shape index (κ1) is 11.1. The fraction of sp³-hybridized carbons (Fsp3) is 0.267. The van der Waals surface area contributed by atoms with Crippen molar-refractivity contribution in [1.29, 1.82) is 0 Å². The van der Waals surface area contributed by atoms with E-state index in [1.165, 1.54) is 28.5 Å². The van der Waals surface area contributed by atoms with Gasteiger partial charge in [0.15, 0.2) is 0 Å². The van der Waals surface area contributed by atoms with Crippen molar-refractivity contribution in [2.75, 3.05) is 0 Å². The zero-order chi connectivity index (χ0) is 12.4. The van der Waals surface area contributed by atoms with Gasteiger partial charge in [0.2, 0.25) is 0 Å². The van der Waals surface area contributed by atoms with Gasteiger partial charge in [-0.2, -0.15) is 0 Å². The summed E-state index contributed by atoms with van der Waals surface area (Å²) in [6.07, 6.45) is 10.1. The van der Waals surface area contributed by atoms with Crippen molar-refractivity contribution in [2.45, 2.75) is 26.3 Å². The maximum absolute atomic E-state index is 4.07. The Kier molecular flexibility index (Phi) is 2.89. The number of imidazole rings is 1. The second-order valence-electron chi connectivity index (χ2n) is 4.68. The maximum atomic E-state index is 4.07. The van der Waals surface area contributed by atoms with Gasteiger partial charge in [0.25, 0.3) is 0 Å². The molecule has 0 amide bonds. The minimum absolute atomic E-state index is 0.882. The van der Waals surface area contributed by atoms with Crippen LogP contribution in [0.15, 0.2) is 43.1 Å². The molecule has 2 heterocycles. The summed E-state index contributed by atoms with van der Waals surface area (Å²) < 4.78 is 2.09. The summed E-state index contributed by atoms with van der Waals surface area (Å²) in [5.41, 5.74) is 3.96. The van der Waals surface area contributed by atoms with Crippen LogP contribution in [0.1, 0.15) is 24.5 Å². The largest absolute Gasteiger partial charge is 0.361 e. The van der Waals surface area contributed by atoms with Crippen LogP contribution in [0.4, 0.5) is 0 Å². The molecule has 0 atom stereocenters. The summed E-state index contributed by atoms with van der Waals surface area (Å²) in [5, 5.41) is 1.36. The zero-order valence-corrected chi connectivity index (χ0v) is 10.6. The van der Waals surface area contributed by atoms with Crippen LogP contribution < -0.4 is 0 Å². The number of aromatic nitrogens is 3. The van der Waals surface area contributed by atoms with Gasteiger partial charge in [-0.15, -0.1) is 0 Å². The van der Waals surface area contributed by atoms with Crippen LogP contribution in [0.3, 0.4) is 0 Å². The molecule has 0 spiro atoms. The Morgan fingerprint density at radius 1 is 1.33 bits per heavy atom.